The highest BCUT2D eigenvalue weighted by Gasteiger charge is 2.18. The fourth-order valence-electron chi connectivity index (χ4n) is 2.24. The SMILES string of the molecule is Cc1cc(SCCl)cc(C)c1C(=O)c1ccc(Cl)cc1Cl. The molecule has 0 unspecified atom stereocenters. The summed E-state index contributed by atoms with van der Waals surface area (Å²) in [5, 5.41) is 1.36. The standard InChI is InChI=1S/C16H13Cl3OS/c1-9-5-12(21-8-17)6-10(2)15(9)16(20)13-4-3-11(18)7-14(13)19/h3-7H,8H2,1-2H3. The molecule has 0 spiro atoms. The third-order valence-corrected chi connectivity index (χ3v) is 4.68. The lowest BCUT2D eigenvalue weighted by molar-refractivity contribution is 0.103. The molecule has 0 fully saturated rings. The van der Waals surface area contributed by atoms with Gasteiger partial charge in [0.2, 0.25) is 0 Å². The first-order valence-corrected chi connectivity index (χ1v) is 8.51. The van der Waals surface area contributed by atoms with Crippen molar-refractivity contribution >= 4 is 52.3 Å². The quantitative estimate of drug-likeness (QED) is 0.371. The van der Waals surface area contributed by atoms with Crippen molar-refractivity contribution in [3.8, 4) is 0 Å². The number of hydrogen-bond donors (Lipinski definition) is 0. The molecular weight excluding hydrogens is 347 g/mol. The largest absolute Gasteiger partial charge is 0.289 e. The van der Waals surface area contributed by atoms with Gasteiger partial charge in [-0.05, 0) is 55.3 Å². The van der Waals surface area contributed by atoms with Gasteiger partial charge in [-0.25, -0.2) is 0 Å². The molecule has 0 aliphatic rings. The molecule has 5 heteroatoms. The Kier molecular flexibility index (Phi) is 5.61. The first-order valence-electron chi connectivity index (χ1n) is 6.23. The summed E-state index contributed by atoms with van der Waals surface area (Å²) in [7, 11) is 0. The van der Waals surface area contributed by atoms with Gasteiger partial charge < -0.3 is 0 Å². The summed E-state index contributed by atoms with van der Waals surface area (Å²) in [5.74, 6) is -0.0888. The van der Waals surface area contributed by atoms with Crippen LogP contribution in [0.3, 0.4) is 0 Å². The van der Waals surface area contributed by atoms with E-state index in [2.05, 4.69) is 0 Å². The van der Waals surface area contributed by atoms with Crippen molar-refractivity contribution in [1.29, 1.82) is 0 Å². The van der Waals surface area contributed by atoms with Crippen LogP contribution in [-0.4, -0.2) is 11.0 Å². The van der Waals surface area contributed by atoms with Gasteiger partial charge in [0, 0.05) is 21.0 Å². The zero-order valence-electron chi connectivity index (χ0n) is 11.5. The van der Waals surface area contributed by atoms with E-state index in [4.69, 9.17) is 34.8 Å². The highest BCUT2D eigenvalue weighted by molar-refractivity contribution is 8.00. The molecule has 110 valence electrons. The van der Waals surface area contributed by atoms with Gasteiger partial charge in [-0.2, -0.15) is 0 Å². The summed E-state index contributed by atoms with van der Waals surface area (Å²) in [6, 6.07) is 8.85. The summed E-state index contributed by atoms with van der Waals surface area (Å²) in [4.78, 5) is 13.8. The molecule has 2 aromatic rings. The van der Waals surface area contributed by atoms with Gasteiger partial charge in [0.05, 0.1) is 10.2 Å². The topological polar surface area (TPSA) is 17.1 Å². The second-order valence-corrected chi connectivity index (χ2v) is 7.12. The van der Waals surface area contributed by atoms with E-state index >= 15 is 0 Å². The van der Waals surface area contributed by atoms with Crippen molar-refractivity contribution in [1.82, 2.24) is 0 Å². The number of benzene rings is 2. The molecule has 21 heavy (non-hydrogen) atoms. The number of carbonyl (C=O) groups excluding carboxylic acids is 1. The summed E-state index contributed by atoms with van der Waals surface area (Å²) in [6.45, 7) is 3.84. The molecule has 0 amide bonds. The Balaban J connectivity index is 2.48. The van der Waals surface area contributed by atoms with Crippen LogP contribution in [0, 0.1) is 13.8 Å². The van der Waals surface area contributed by atoms with Gasteiger partial charge in [0.1, 0.15) is 0 Å². The minimum Gasteiger partial charge on any atom is -0.289 e. The highest BCUT2D eigenvalue weighted by atomic mass is 35.5. The first-order chi connectivity index (χ1) is 9.93. The second-order valence-electron chi connectivity index (χ2n) is 4.64. The Labute approximate surface area is 143 Å². The lowest BCUT2D eigenvalue weighted by Gasteiger charge is -2.12. The molecule has 0 radical (unpaired) electrons. The number of aryl methyl sites for hydroxylation is 2. The number of rotatable bonds is 4. The molecule has 2 rings (SSSR count). The number of ketones is 1. The Bertz CT molecular complexity index is 675. The number of thioether (sulfide) groups is 1. The minimum absolute atomic E-state index is 0.0888. The molecule has 0 N–H and O–H groups in total. The zero-order valence-corrected chi connectivity index (χ0v) is 14.6. The smallest absolute Gasteiger partial charge is 0.195 e. The van der Waals surface area contributed by atoms with Crippen LogP contribution in [0.1, 0.15) is 27.0 Å². The molecule has 0 atom stereocenters. The fourth-order valence-corrected chi connectivity index (χ4v) is 3.76. The van der Waals surface area contributed by atoms with E-state index in [-0.39, 0.29) is 5.78 Å². The van der Waals surface area contributed by atoms with Crippen molar-refractivity contribution in [3.63, 3.8) is 0 Å². The third-order valence-electron chi connectivity index (χ3n) is 3.13. The van der Waals surface area contributed by atoms with Crippen molar-refractivity contribution < 1.29 is 4.79 Å². The van der Waals surface area contributed by atoms with E-state index in [0.29, 0.717) is 26.4 Å². The van der Waals surface area contributed by atoms with E-state index in [1.54, 1.807) is 18.2 Å². The Hall–Kier alpha value is -0.670. The van der Waals surface area contributed by atoms with Crippen LogP contribution in [0.15, 0.2) is 35.2 Å². The van der Waals surface area contributed by atoms with E-state index in [0.717, 1.165) is 16.0 Å². The maximum atomic E-state index is 12.7. The lowest BCUT2D eigenvalue weighted by Crippen LogP contribution is -2.07. The first kappa shape index (κ1) is 16.7. The molecule has 0 aliphatic heterocycles. The van der Waals surface area contributed by atoms with Crippen LogP contribution in [0.25, 0.3) is 0 Å². The normalized spacial score (nSPS) is 10.7. The van der Waals surface area contributed by atoms with Crippen LogP contribution in [0.4, 0.5) is 0 Å². The van der Waals surface area contributed by atoms with Crippen LogP contribution >= 0.6 is 46.6 Å². The van der Waals surface area contributed by atoms with Crippen LogP contribution in [0.2, 0.25) is 10.0 Å². The van der Waals surface area contributed by atoms with E-state index in [1.807, 2.05) is 26.0 Å². The minimum atomic E-state index is -0.0888. The maximum absolute atomic E-state index is 12.7. The average molecular weight is 360 g/mol. The highest BCUT2D eigenvalue weighted by Crippen LogP contribution is 2.29. The molecule has 0 aromatic heterocycles. The molecule has 0 heterocycles. The second kappa shape index (κ2) is 7.06. The molecule has 0 saturated carbocycles. The van der Waals surface area contributed by atoms with Crippen molar-refractivity contribution in [3.05, 3.63) is 62.6 Å². The predicted octanol–water partition coefficient (Wildman–Crippen LogP) is 6.13. The number of hydrogen-bond acceptors (Lipinski definition) is 2. The molecule has 0 aliphatic carbocycles. The monoisotopic (exact) mass is 358 g/mol. The van der Waals surface area contributed by atoms with Crippen LogP contribution in [0.5, 0.6) is 0 Å². The van der Waals surface area contributed by atoms with Crippen molar-refractivity contribution in [2.24, 2.45) is 0 Å². The predicted molar refractivity (Wildman–Crippen MR) is 92.4 cm³/mol. The van der Waals surface area contributed by atoms with E-state index < -0.39 is 0 Å². The molecule has 1 nitrogen and oxygen atoms in total. The van der Waals surface area contributed by atoms with Gasteiger partial charge in [-0.15, -0.1) is 23.4 Å². The summed E-state index contributed by atoms with van der Waals surface area (Å²) >= 11 is 19.3. The lowest BCUT2D eigenvalue weighted by atomic mass is 9.95. The van der Waals surface area contributed by atoms with Crippen LogP contribution < -0.4 is 0 Å². The average Bonchev–Trinajstić information content (AvgIpc) is 2.37. The third kappa shape index (κ3) is 3.75. The van der Waals surface area contributed by atoms with Gasteiger partial charge in [-0.1, -0.05) is 23.2 Å². The fraction of sp³-hybridized carbons (Fsp3) is 0.188. The van der Waals surface area contributed by atoms with Gasteiger partial charge >= 0.3 is 0 Å². The van der Waals surface area contributed by atoms with Crippen molar-refractivity contribution in [2.45, 2.75) is 18.7 Å². The van der Waals surface area contributed by atoms with E-state index in [9.17, 15) is 4.79 Å². The number of carbonyl (C=O) groups is 1. The van der Waals surface area contributed by atoms with Gasteiger partial charge in [0.25, 0.3) is 0 Å². The summed E-state index contributed by atoms with van der Waals surface area (Å²) in [6.07, 6.45) is 0. The van der Waals surface area contributed by atoms with Gasteiger partial charge in [-0.3, -0.25) is 4.79 Å². The number of halogens is 3. The molecular formula is C16H13Cl3OS. The molecule has 2 aromatic carbocycles. The molecule has 0 saturated heterocycles. The Morgan fingerprint density at radius 2 is 1.71 bits per heavy atom. The summed E-state index contributed by atoms with van der Waals surface area (Å²) in [5.41, 5.74) is 2.97. The summed E-state index contributed by atoms with van der Waals surface area (Å²) < 4.78 is 0. The van der Waals surface area contributed by atoms with Gasteiger partial charge in [0.15, 0.2) is 5.78 Å². The zero-order chi connectivity index (χ0) is 15.6. The Morgan fingerprint density at radius 1 is 1.10 bits per heavy atom. The van der Waals surface area contributed by atoms with Crippen LogP contribution in [-0.2, 0) is 0 Å². The van der Waals surface area contributed by atoms with Crippen molar-refractivity contribution in [2.75, 3.05) is 5.21 Å². The van der Waals surface area contributed by atoms with E-state index in [1.165, 1.54) is 11.8 Å². The molecule has 0 bridgehead atoms. The number of alkyl halides is 1. The Morgan fingerprint density at radius 3 is 2.24 bits per heavy atom. The maximum Gasteiger partial charge on any atom is 0.195 e.